The number of benzene rings is 2. The van der Waals surface area contributed by atoms with Gasteiger partial charge in [-0.15, -0.1) is 12.4 Å². The van der Waals surface area contributed by atoms with E-state index in [-0.39, 0.29) is 23.2 Å². The van der Waals surface area contributed by atoms with E-state index in [2.05, 4.69) is 15.4 Å². The zero-order chi connectivity index (χ0) is 19.2. The largest absolute Gasteiger partial charge is 0.351 e. The van der Waals surface area contributed by atoms with Gasteiger partial charge in [0.2, 0.25) is 0 Å². The van der Waals surface area contributed by atoms with Crippen LogP contribution < -0.4 is 15.4 Å². The highest BCUT2D eigenvalue weighted by atomic mass is 35.5. The van der Waals surface area contributed by atoms with Crippen LogP contribution in [0.25, 0.3) is 0 Å². The van der Waals surface area contributed by atoms with Crippen LogP contribution in [-0.2, 0) is 10.0 Å². The highest BCUT2D eigenvalue weighted by molar-refractivity contribution is 7.92. The number of amides is 1. The van der Waals surface area contributed by atoms with Crippen molar-refractivity contribution in [2.45, 2.75) is 25.7 Å². The Hall–Kier alpha value is -2.09. The molecule has 1 amide bonds. The molecule has 8 heteroatoms. The summed E-state index contributed by atoms with van der Waals surface area (Å²) in [4.78, 5) is 12.4. The summed E-state index contributed by atoms with van der Waals surface area (Å²) in [7, 11) is -3.72. The summed E-state index contributed by atoms with van der Waals surface area (Å²) in [6, 6.07) is 11.7. The first kappa shape index (κ1) is 23.0. The van der Waals surface area contributed by atoms with Gasteiger partial charge in [-0.25, -0.2) is 8.42 Å². The number of sulfonamides is 1. The topological polar surface area (TPSA) is 87.3 Å². The summed E-state index contributed by atoms with van der Waals surface area (Å²) in [6.07, 6.45) is 0. The van der Waals surface area contributed by atoms with Crippen molar-refractivity contribution in [1.82, 2.24) is 10.6 Å². The summed E-state index contributed by atoms with van der Waals surface area (Å²) >= 11 is 0. The van der Waals surface area contributed by atoms with E-state index in [0.29, 0.717) is 29.9 Å². The lowest BCUT2D eigenvalue weighted by atomic mass is 10.2. The van der Waals surface area contributed by atoms with Crippen LogP contribution >= 0.6 is 12.4 Å². The van der Waals surface area contributed by atoms with E-state index in [0.717, 1.165) is 12.1 Å². The quantitative estimate of drug-likeness (QED) is 0.583. The Morgan fingerprint density at radius 2 is 1.78 bits per heavy atom. The monoisotopic (exact) mass is 411 g/mol. The molecule has 0 aliphatic rings. The van der Waals surface area contributed by atoms with E-state index >= 15 is 0 Å². The summed E-state index contributed by atoms with van der Waals surface area (Å²) in [5, 5.41) is 5.91. The van der Waals surface area contributed by atoms with Gasteiger partial charge in [0.1, 0.15) is 0 Å². The van der Waals surface area contributed by atoms with Crippen molar-refractivity contribution in [2.75, 3.05) is 24.4 Å². The number of nitrogens with one attached hydrogen (secondary N) is 3. The highest BCUT2D eigenvalue weighted by Crippen LogP contribution is 2.21. The lowest BCUT2D eigenvalue weighted by Gasteiger charge is -2.12. The van der Waals surface area contributed by atoms with Gasteiger partial charge in [-0.05, 0) is 55.8 Å². The molecule has 0 heterocycles. The Morgan fingerprint density at radius 1 is 1.04 bits per heavy atom. The second-order valence-corrected chi connectivity index (χ2v) is 7.72. The van der Waals surface area contributed by atoms with Gasteiger partial charge >= 0.3 is 0 Å². The Labute approximate surface area is 167 Å². The summed E-state index contributed by atoms with van der Waals surface area (Å²) in [5.74, 6) is -0.240. The van der Waals surface area contributed by atoms with Crippen LogP contribution in [0, 0.1) is 13.8 Å². The molecule has 2 aromatic rings. The molecule has 2 rings (SSSR count). The summed E-state index contributed by atoms with van der Waals surface area (Å²) < 4.78 is 27.9. The fourth-order valence-electron chi connectivity index (χ4n) is 2.47. The van der Waals surface area contributed by atoms with Crippen molar-refractivity contribution in [3.05, 3.63) is 59.2 Å². The lowest BCUT2D eigenvalue weighted by Crippen LogP contribution is -2.31. The maximum absolute atomic E-state index is 12.7. The van der Waals surface area contributed by atoms with E-state index in [1.165, 1.54) is 6.07 Å². The van der Waals surface area contributed by atoms with Gasteiger partial charge in [-0.2, -0.15) is 0 Å². The third-order valence-corrected chi connectivity index (χ3v) is 5.37. The molecule has 3 N–H and O–H groups in total. The Kier molecular flexibility index (Phi) is 8.75. The standard InChI is InChI=1S/C19H25N3O3S.ClH/c1-4-20-10-11-21-19(23)16-6-5-7-17(13-16)22-26(24,25)18-12-14(2)8-9-15(18)3;/h5-9,12-13,20,22H,4,10-11H2,1-3H3,(H,21,23);1H. The van der Waals surface area contributed by atoms with Gasteiger partial charge < -0.3 is 10.6 Å². The molecule has 0 aromatic heterocycles. The van der Waals surface area contributed by atoms with Crippen molar-refractivity contribution in [2.24, 2.45) is 0 Å². The van der Waals surface area contributed by atoms with Crippen LogP contribution in [0.2, 0.25) is 0 Å². The van der Waals surface area contributed by atoms with Crippen molar-refractivity contribution in [3.63, 3.8) is 0 Å². The number of aryl methyl sites for hydroxylation is 2. The normalized spacial score (nSPS) is 10.8. The zero-order valence-electron chi connectivity index (χ0n) is 15.7. The fourth-order valence-corrected chi connectivity index (χ4v) is 3.85. The summed E-state index contributed by atoms with van der Waals surface area (Å²) in [6.45, 7) is 7.62. The minimum atomic E-state index is -3.72. The number of likely N-dealkylation sites (N-methyl/N-ethyl adjacent to an activating group) is 1. The predicted molar refractivity (Wildman–Crippen MR) is 111 cm³/mol. The van der Waals surface area contributed by atoms with Gasteiger partial charge in [0.05, 0.1) is 4.90 Å². The van der Waals surface area contributed by atoms with E-state index in [1.54, 1.807) is 37.3 Å². The Bertz CT molecular complexity index is 886. The number of hydrogen-bond donors (Lipinski definition) is 3. The van der Waals surface area contributed by atoms with Crippen LogP contribution in [0.3, 0.4) is 0 Å². The fraction of sp³-hybridized carbons (Fsp3) is 0.316. The molecule has 0 saturated carbocycles. The predicted octanol–water partition coefficient (Wildman–Crippen LogP) is 2.87. The molecule has 0 saturated heterocycles. The maximum Gasteiger partial charge on any atom is 0.262 e. The average molecular weight is 412 g/mol. The number of carbonyl (C=O) groups excluding carboxylic acids is 1. The first-order valence-corrected chi connectivity index (χ1v) is 10.0. The molecular weight excluding hydrogens is 386 g/mol. The third-order valence-electron chi connectivity index (χ3n) is 3.85. The number of rotatable bonds is 8. The zero-order valence-corrected chi connectivity index (χ0v) is 17.3. The first-order valence-electron chi connectivity index (χ1n) is 8.52. The molecule has 2 aromatic carbocycles. The van der Waals surface area contributed by atoms with Crippen molar-refractivity contribution in [1.29, 1.82) is 0 Å². The van der Waals surface area contributed by atoms with E-state index in [4.69, 9.17) is 0 Å². The molecule has 0 aliphatic heterocycles. The molecule has 0 radical (unpaired) electrons. The van der Waals surface area contributed by atoms with Gasteiger partial charge in [-0.3, -0.25) is 9.52 Å². The Morgan fingerprint density at radius 3 is 2.48 bits per heavy atom. The van der Waals surface area contributed by atoms with Crippen LogP contribution in [0.5, 0.6) is 0 Å². The molecule has 0 atom stereocenters. The lowest BCUT2D eigenvalue weighted by molar-refractivity contribution is 0.0954. The molecule has 0 spiro atoms. The van der Waals surface area contributed by atoms with E-state index < -0.39 is 10.0 Å². The summed E-state index contributed by atoms with van der Waals surface area (Å²) in [5.41, 5.74) is 2.29. The molecule has 0 bridgehead atoms. The van der Waals surface area contributed by atoms with Gasteiger partial charge in [0.15, 0.2) is 0 Å². The molecule has 27 heavy (non-hydrogen) atoms. The number of halogens is 1. The minimum absolute atomic E-state index is 0. The highest BCUT2D eigenvalue weighted by Gasteiger charge is 2.17. The van der Waals surface area contributed by atoms with Crippen LogP contribution in [0.4, 0.5) is 5.69 Å². The van der Waals surface area contributed by atoms with Gasteiger partial charge in [0, 0.05) is 24.3 Å². The molecule has 0 fully saturated rings. The van der Waals surface area contributed by atoms with Crippen LogP contribution in [-0.4, -0.2) is 34.0 Å². The van der Waals surface area contributed by atoms with Gasteiger partial charge in [0.25, 0.3) is 15.9 Å². The third kappa shape index (κ3) is 6.53. The van der Waals surface area contributed by atoms with Gasteiger partial charge in [-0.1, -0.05) is 25.1 Å². The second-order valence-electron chi connectivity index (χ2n) is 6.06. The molecule has 0 aliphatic carbocycles. The molecule has 6 nitrogen and oxygen atoms in total. The van der Waals surface area contributed by atoms with Crippen LogP contribution in [0.1, 0.15) is 28.4 Å². The smallest absolute Gasteiger partial charge is 0.262 e. The first-order chi connectivity index (χ1) is 12.3. The Balaban J connectivity index is 0.00000364. The number of anilines is 1. The maximum atomic E-state index is 12.7. The van der Waals surface area contributed by atoms with Crippen LogP contribution in [0.15, 0.2) is 47.4 Å². The van der Waals surface area contributed by atoms with Crippen molar-refractivity contribution in [3.8, 4) is 0 Å². The van der Waals surface area contributed by atoms with Crippen molar-refractivity contribution >= 4 is 34.0 Å². The number of carbonyl (C=O) groups is 1. The van der Waals surface area contributed by atoms with E-state index in [1.807, 2.05) is 19.9 Å². The average Bonchev–Trinajstić information content (AvgIpc) is 2.60. The molecule has 0 unspecified atom stereocenters. The van der Waals surface area contributed by atoms with Crippen molar-refractivity contribution < 1.29 is 13.2 Å². The van der Waals surface area contributed by atoms with E-state index in [9.17, 15) is 13.2 Å². The minimum Gasteiger partial charge on any atom is -0.351 e. The SMILES string of the molecule is CCNCCNC(=O)c1cccc(NS(=O)(=O)c2cc(C)ccc2C)c1.Cl. The number of hydrogen-bond acceptors (Lipinski definition) is 4. The molecule has 148 valence electrons. The second kappa shape index (κ2) is 10.3. The molecular formula is C19H26ClN3O3S.